The number of primary amides is 1. The molecule has 1 saturated carbocycles. The van der Waals surface area contributed by atoms with Gasteiger partial charge >= 0.3 is 0 Å². The van der Waals surface area contributed by atoms with Crippen molar-refractivity contribution in [1.29, 1.82) is 0 Å². The molecule has 1 aromatic heterocycles. The fourth-order valence-corrected chi connectivity index (χ4v) is 3.66. The maximum Gasteiger partial charge on any atom is 0.249 e. The molecule has 1 spiro atoms. The first-order valence-corrected chi connectivity index (χ1v) is 7.37. The summed E-state index contributed by atoms with van der Waals surface area (Å²) in [6.07, 6.45) is 0.465. The van der Waals surface area contributed by atoms with Gasteiger partial charge in [-0.3, -0.25) is 14.5 Å². The van der Waals surface area contributed by atoms with Crippen molar-refractivity contribution in [1.82, 2.24) is 4.98 Å². The second-order valence-corrected chi connectivity index (χ2v) is 6.30. The smallest absolute Gasteiger partial charge is 0.249 e. The van der Waals surface area contributed by atoms with Crippen LogP contribution in [0.2, 0.25) is 0 Å². The average Bonchev–Trinajstić information content (AvgIpc) is 2.72. The van der Waals surface area contributed by atoms with Gasteiger partial charge in [-0.15, -0.1) is 0 Å². The number of rotatable bonds is 2. The van der Waals surface area contributed by atoms with Crippen LogP contribution in [-0.4, -0.2) is 28.8 Å². The van der Waals surface area contributed by atoms with Gasteiger partial charge in [0.15, 0.2) is 0 Å². The molecule has 3 rings (SSSR count). The fourth-order valence-electron chi connectivity index (χ4n) is 3.66. The highest BCUT2D eigenvalue weighted by molar-refractivity contribution is 6.06. The quantitative estimate of drug-likeness (QED) is 0.903. The topological polar surface area (TPSA) is 76.3 Å². The first-order chi connectivity index (χ1) is 10.7. The Hall–Kier alpha value is -2.12. The molecule has 2 aliphatic rings. The van der Waals surface area contributed by atoms with Crippen molar-refractivity contribution in [2.75, 3.05) is 4.90 Å². The van der Waals surface area contributed by atoms with Gasteiger partial charge in [0.05, 0.1) is 11.6 Å². The molecule has 1 aromatic rings. The summed E-state index contributed by atoms with van der Waals surface area (Å²) in [5.41, 5.74) is 4.04. The maximum absolute atomic E-state index is 13.8. The minimum atomic E-state index is -2.94. The van der Waals surface area contributed by atoms with Crippen LogP contribution in [0.1, 0.15) is 32.1 Å². The number of alkyl halides is 2. The van der Waals surface area contributed by atoms with E-state index in [1.165, 1.54) is 6.07 Å². The van der Waals surface area contributed by atoms with Gasteiger partial charge in [-0.05, 0) is 31.4 Å². The van der Waals surface area contributed by atoms with Gasteiger partial charge in [-0.2, -0.15) is 0 Å². The van der Waals surface area contributed by atoms with Crippen LogP contribution in [0.4, 0.5) is 19.0 Å². The van der Waals surface area contributed by atoms with Crippen LogP contribution < -0.4 is 10.6 Å². The Balaban J connectivity index is 2.00. The van der Waals surface area contributed by atoms with Crippen LogP contribution >= 0.6 is 0 Å². The van der Waals surface area contributed by atoms with E-state index in [-0.39, 0.29) is 31.5 Å². The molecule has 1 aliphatic heterocycles. The first-order valence-electron chi connectivity index (χ1n) is 7.37. The van der Waals surface area contributed by atoms with Crippen molar-refractivity contribution in [2.45, 2.75) is 44.1 Å². The third-order valence-electron chi connectivity index (χ3n) is 4.65. The van der Waals surface area contributed by atoms with E-state index in [0.717, 1.165) is 17.2 Å². The number of carbonyl (C=O) groups is 2. The Bertz CT molecular complexity index is 650. The number of amides is 2. The van der Waals surface area contributed by atoms with Crippen LogP contribution in [-0.2, 0) is 9.59 Å². The second kappa shape index (κ2) is 5.21. The van der Waals surface area contributed by atoms with Crippen LogP contribution in [0.15, 0.2) is 18.3 Å². The van der Waals surface area contributed by atoms with Gasteiger partial charge in [0.2, 0.25) is 17.7 Å². The van der Waals surface area contributed by atoms with Gasteiger partial charge in [0.1, 0.15) is 17.7 Å². The standard InChI is InChI=1S/C15H16F3N3O2/c16-9-2-3-11(20-7-9)21-10(12(19)22)6-14(13(21)23)4-1-5-15(17,18)8-14/h2-3,7,10H,1,4-6,8H2,(H2,19,22). The summed E-state index contributed by atoms with van der Waals surface area (Å²) in [7, 11) is 0. The highest BCUT2D eigenvalue weighted by Crippen LogP contribution is 2.52. The molecular weight excluding hydrogens is 311 g/mol. The minimum absolute atomic E-state index is 0.0472. The molecule has 8 heteroatoms. The fraction of sp³-hybridized carbons (Fsp3) is 0.533. The zero-order valence-corrected chi connectivity index (χ0v) is 12.3. The number of aromatic nitrogens is 1. The third kappa shape index (κ3) is 2.66. The molecule has 124 valence electrons. The normalized spacial score (nSPS) is 30.0. The van der Waals surface area contributed by atoms with Crippen LogP contribution in [0.5, 0.6) is 0 Å². The van der Waals surface area contributed by atoms with Crippen molar-refractivity contribution < 1.29 is 22.8 Å². The predicted molar refractivity (Wildman–Crippen MR) is 75.1 cm³/mol. The van der Waals surface area contributed by atoms with Gasteiger partial charge in [0.25, 0.3) is 0 Å². The number of anilines is 1. The molecule has 0 aromatic carbocycles. The molecule has 5 nitrogen and oxygen atoms in total. The highest BCUT2D eigenvalue weighted by atomic mass is 19.3. The number of halogens is 3. The van der Waals surface area contributed by atoms with E-state index in [9.17, 15) is 22.8 Å². The Kier molecular flexibility index (Phi) is 3.57. The Morgan fingerprint density at radius 1 is 1.35 bits per heavy atom. The van der Waals surface area contributed by atoms with Crippen LogP contribution in [0, 0.1) is 11.2 Å². The van der Waals surface area contributed by atoms with E-state index in [0.29, 0.717) is 0 Å². The summed E-state index contributed by atoms with van der Waals surface area (Å²) >= 11 is 0. The van der Waals surface area contributed by atoms with E-state index in [1.54, 1.807) is 0 Å². The number of carbonyl (C=O) groups excluding carboxylic acids is 2. The van der Waals surface area contributed by atoms with Gasteiger partial charge in [-0.1, -0.05) is 0 Å². The molecule has 2 heterocycles. The van der Waals surface area contributed by atoms with Crippen LogP contribution in [0.3, 0.4) is 0 Å². The molecule has 0 radical (unpaired) electrons. The van der Waals surface area contributed by atoms with Crippen LogP contribution in [0.25, 0.3) is 0 Å². The minimum Gasteiger partial charge on any atom is -0.368 e. The SMILES string of the molecule is NC(=O)C1CC2(CCCC(F)(F)C2)C(=O)N1c1ccc(F)cn1. The van der Waals surface area contributed by atoms with E-state index in [4.69, 9.17) is 5.73 Å². The molecule has 2 N–H and O–H groups in total. The lowest BCUT2D eigenvalue weighted by atomic mass is 9.70. The number of pyridine rings is 1. The highest BCUT2D eigenvalue weighted by Gasteiger charge is 2.59. The zero-order valence-electron chi connectivity index (χ0n) is 12.3. The lowest BCUT2D eigenvalue weighted by Gasteiger charge is -2.36. The van der Waals surface area contributed by atoms with Gasteiger partial charge in [-0.25, -0.2) is 18.2 Å². The third-order valence-corrected chi connectivity index (χ3v) is 4.65. The number of nitrogens with zero attached hydrogens (tertiary/aromatic N) is 2. The average molecular weight is 327 g/mol. The molecule has 2 fully saturated rings. The Morgan fingerprint density at radius 2 is 2.09 bits per heavy atom. The summed E-state index contributed by atoms with van der Waals surface area (Å²) in [6.45, 7) is 0. The van der Waals surface area contributed by atoms with Crippen molar-refractivity contribution in [3.63, 3.8) is 0 Å². The second-order valence-electron chi connectivity index (χ2n) is 6.30. The summed E-state index contributed by atoms with van der Waals surface area (Å²) < 4.78 is 40.7. The molecular formula is C15H16F3N3O2. The summed E-state index contributed by atoms with van der Waals surface area (Å²) in [5.74, 6) is -4.86. The largest absolute Gasteiger partial charge is 0.368 e. The van der Waals surface area contributed by atoms with Gasteiger partial charge < -0.3 is 5.73 Å². The predicted octanol–water partition coefficient (Wildman–Crippen LogP) is 2.01. The number of hydrogen-bond acceptors (Lipinski definition) is 3. The number of nitrogens with two attached hydrogens (primary N) is 1. The van der Waals surface area contributed by atoms with E-state index in [2.05, 4.69) is 4.98 Å². The van der Waals surface area contributed by atoms with Gasteiger partial charge in [0, 0.05) is 12.8 Å². The Labute approximate surface area is 130 Å². The molecule has 2 amide bonds. The maximum atomic E-state index is 13.8. The number of hydrogen-bond donors (Lipinski definition) is 1. The molecule has 1 aliphatic carbocycles. The monoisotopic (exact) mass is 327 g/mol. The van der Waals surface area contributed by atoms with E-state index < -0.39 is 41.4 Å². The van der Waals surface area contributed by atoms with Crippen molar-refractivity contribution >= 4 is 17.6 Å². The van der Waals surface area contributed by atoms with E-state index >= 15 is 0 Å². The first kappa shape index (κ1) is 15.8. The molecule has 23 heavy (non-hydrogen) atoms. The summed E-state index contributed by atoms with van der Waals surface area (Å²) in [6, 6.07) is 1.28. The van der Waals surface area contributed by atoms with Crippen molar-refractivity contribution in [3.8, 4) is 0 Å². The van der Waals surface area contributed by atoms with E-state index in [1.807, 2.05) is 0 Å². The molecule has 1 saturated heterocycles. The lowest BCUT2D eigenvalue weighted by molar-refractivity contribution is -0.138. The van der Waals surface area contributed by atoms with Crippen molar-refractivity contribution in [3.05, 3.63) is 24.1 Å². The molecule has 2 unspecified atom stereocenters. The molecule has 2 atom stereocenters. The summed E-state index contributed by atoms with van der Waals surface area (Å²) in [5, 5.41) is 0. The lowest BCUT2D eigenvalue weighted by Crippen LogP contribution is -2.44. The summed E-state index contributed by atoms with van der Waals surface area (Å²) in [4.78, 5) is 29.4. The molecule has 0 bridgehead atoms. The Morgan fingerprint density at radius 3 is 2.65 bits per heavy atom. The van der Waals surface area contributed by atoms with Crippen molar-refractivity contribution in [2.24, 2.45) is 11.1 Å². The zero-order chi connectivity index (χ0) is 16.8.